The maximum Gasteiger partial charge on any atom is 0.224 e. The highest BCUT2D eigenvalue weighted by atomic mass is 16.2. The van der Waals surface area contributed by atoms with Crippen molar-refractivity contribution in [2.24, 2.45) is 0 Å². The molecule has 0 aromatic heterocycles. The molecule has 1 amide bonds. The number of nitrogens with one attached hydrogen (secondary N) is 1. The van der Waals surface area contributed by atoms with E-state index in [4.69, 9.17) is 0 Å². The molecule has 1 aliphatic heterocycles. The van der Waals surface area contributed by atoms with Gasteiger partial charge in [-0.2, -0.15) is 0 Å². The zero-order valence-corrected chi connectivity index (χ0v) is 20.6. The van der Waals surface area contributed by atoms with Gasteiger partial charge in [0.2, 0.25) is 5.91 Å². The van der Waals surface area contributed by atoms with Gasteiger partial charge in [-0.15, -0.1) is 0 Å². The van der Waals surface area contributed by atoms with Crippen LogP contribution in [0.3, 0.4) is 0 Å². The number of hydrogen-bond acceptors (Lipinski definition) is 3. The van der Waals surface area contributed by atoms with Crippen molar-refractivity contribution in [1.29, 1.82) is 0 Å². The summed E-state index contributed by atoms with van der Waals surface area (Å²) in [4.78, 5) is 17.4. The van der Waals surface area contributed by atoms with Crippen molar-refractivity contribution in [2.45, 2.75) is 72.0 Å². The highest BCUT2D eigenvalue weighted by Gasteiger charge is 2.36. The quantitative estimate of drug-likeness (QED) is 0.592. The number of carbonyl (C=O) groups is 1. The molecule has 2 aromatic rings. The van der Waals surface area contributed by atoms with E-state index in [1.165, 1.54) is 22.3 Å². The summed E-state index contributed by atoms with van der Waals surface area (Å²) >= 11 is 0. The molecule has 0 fully saturated rings. The van der Waals surface area contributed by atoms with Crippen LogP contribution in [-0.4, -0.2) is 34.3 Å². The fraction of sp³-hybridized carbons (Fsp3) is 0.464. The number of hydrogen-bond donors (Lipinski definition) is 1. The normalized spacial score (nSPS) is 18.0. The third-order valence-electron chi connectivity index (χ3n) is 6.37. The van der Waals surface area contributed by atoms with Crippen molar-refractivity contribution in [3.63, 3.8) is 0 Å². The predicted octanol–water partition coefficient (Wildman–Crippen LogP) is 5.56. The third kappa shape index (κ3) is 5.35. The lowest BCUT2D eigenvalue weighted by molar-refractivity contribution is -0.136. The number of carbonyl (C=O) groups excluding carboxylic acids is 1. The number of aryl methyl sites for hydroxylation is 1. The van der Waals surface area contributed by atoms with E-state index in [2.05, 4.69) is 106 Å². The number of rotatable bonds is 8. The molecule has 32 heavy (non-hydrogen) atoms. The Morgan fingerprint density at radius 3 is 2.44 bits per heavy atom. The van der Waals surface area contributed by atoms with Crippen LogP contribution in [0.5, 0.6) is 0 Å². The van der Waals surface area contributed by atoms with Crippen molar-refractivity contribution in [3.8, 4) is 0 Å². The molecule has 4 nitrogen and oxygen atoms in total. The predicted molar refractivity (Wildman–Crippen MR) is 133 cm³/mol. The summed E-state index contributed by atoms with van der Waals surface area (Å²) in [5.41, 5.74) is 4.60. The zero-order valence-electron chi connectivity index (χ0n) is 20.6. The molecule has 0 aliphatic carbocycles. The molecule has 0 saturated carbocycles. The molecule has 1 unspecified atom stereocenters. The first-order valence-corrected chi connectivity index (χ1v) is 11.8. The Morgan fingerprint density at radius 2 is 1.78 bits per heavy atom. The molecule has 1 atom stereocenters. The van der Waals surface area contributed by atoms with E-state index >= 15 is 0 Å². The topological polar surface area (TPSA) is 35.6 Å². The SMILES string of the molecule is CCCN(C(=O)CCN1C=CNC1(C)c1ccccc1Cc1ccc(C)cc1)C(C)(C)C. The van der Waals surface area contributed by atoms with Gasteiger partial charge in [0.1, 0.15) is 5.66 Å². The van der Waals surface area contributed by atoms with Gasteiger partial charge in [-0.05, 0) is 58.6 Å². The Labute approximate surface area is 194 Å². The Hall–Kier alpha value is -2.75. The van der Waals surface area contributed by atoms with Crippen LogP contribution in [0.4, 0.5) is 0 Å². The summed E-state index contributed by atoms with van der Waals surface area (Å²) in [6.07, 6.45) is 6.43. The van der Waals surface area contributed by atoms with Gasteiger partial charge in [-0.3, -0.25) is 4.79 Å². The lowest BCUT2D eigenvalue weighted by atomic mass is 9.91. The average Bonchev–Trinajstić information content (AvgIpc) is 3.13. The fourth-order valence-electron chi connectivity index (χ4n) is 4.54. The van der Waals surface area contributed by atoms with E-state index in [9.17, 15) is 4.79 Å². The van der Waals surface area contributed by atoms with Gasteiger partial charge in [-0.1, -0.05) is 61.0 Å². The summed E-state index contributed by atoms with van der Waals surface area (Å²) < 4.78 is 0. The van der Waals surface area contributed by atoms with Gasteiger partial charge in [0.05, 0.1) is 0 Å². The Bertz CT molecular complexity index is 942. The standard InChI is InChI=1S/C28H39N3O/c1-7-18-31(27(3,4)5)26(32)16-19-30-20-17-29-28(30,6)25-11-9-8-10-24(25)21-23-14-12-22(2)13-15-23/h8-15,17,20,29H,7,16,18-19,21H2,1-6H3. The molecule has 0 bridgehead atoms. The van der Waals surface area contributed by atoms with Crippen molar-refractivity contribution in [3.05, 3.63) is 83.2 Å². The van der Waals surface area contributed by atoms with Gasteiger partial charge in [-0.25, -0.2) is 0 Å². The molecule has 0 spiro atoms. The van der Waals surface area contributed by atoms with Crippen molar-refractivity contribution < 1.29 is 4.79 Å². The summed E-state index contributed by atoms with van der Waals surface area (Å²) in [7, 11) is 0. The first-order chi connectivity index (χ1) is 15.1. The molecule has 1 aliphatic rings. The van der Waals surface area contributed by atoms with Crippen LogP contribution in [0.15, 0.2) is 60.9 Å². The van der Waals surface area contributed by atoms with E-state index in [1.54, 1.807) is 0 Å². The molecule has 2 aromatic carbocycles. The van der Waals surface area contributed by atoms with Crippen LogP contribution in [0, 0.1) is 6.92 Å². The molecular formula is C28H39N3O. The van der Waals surface area contributed by atoms with E-state index in [0.717, 1.165) is 19.4 Å². The Kier molecular flexibility index (Phi) is 7.33. The van der Waals surface area contributed by atoms with Crippen LogP contribution in [-0.2, 0) is 16.9 Å². The van der Waals surface area contributed by atoms with Gasteiger partial charge in [0, 0.05) is 43.0 Å². The van der Waals surface area contributed by atoms with Gasteiger partial charge >= 0.3 is 0 Å². The van der Waals surface area contributed by atoms with Crippen LogP contribution < -0.4 is 5.32 Å². The Morgan fingerprint density at radius 1 is 1.09 bits per heavy atom. The van der Waals surface area contributed by atoms with Crippen LogP contribution in [0.25, 0.3) is 0 Å². The summed E-state index contributed by atoms with van der Waals surface area (Å²) in [6, 6.07) is 17.4. The van der Waals surface area contributed by atoms with E-state index in [1.807, 2.05) is 11.1 Å². The van der Waals surface area contributed by atoms with Gasteiger partial charge in [0.25, 0.3) is 0 Å². The van der Waals surface area contributed by atoms with Gasteiger partial charge < -0.3 is 15.1 Å². The second kappa shape index (κ2) is 9.81. The maximum atomic E-state index is 13.1. The third-order valence-corrected chi connectivity index (χ3v) is 6.37. The van der Waals surface area contributed by atoms with Crippen LogP contribution in [0.2, 0.25) is 0 Å². The van der Waals surface area contributed by atoms with Gasteiger partial charge in [0.15, 0.2) is 0 Å². The van der Waals surface area contributed by atoms with Crippen molar-refractivity contribution >= 4 is 5.91 Å². The highest BCUT2D eigenvalue weighted by molar-refractivity contribution is 5.77. The van der Waals surface area contributed by atoms with Crippen LogP contribution in [0.1, 0.15) is 69.7 Å². The molecule has 1 heterocycles. The second-order valence-electron chi connectivity index (χ2n) is 10.0. The zero-order chi connectivity index (χ0) is 23.4. The molecule has 0 saturated heterocycles. The second-order valence-corrected chi connectivity index (χ2v) is 10.0. The first-order valence-electron chi connectivity index (χ1n) is 11.8. The smallest absolute Gasteiger partial charge is 0.224 e. The minimum atomic E-state index is -0.376. The molecule has 3 rings (SSSR count). The monoisotopic (exact) mass is 433 g/mol. The van der Waals surface area contributed by atoms with Crippen molar-refractivity contribution in [1.82, 2.24) is 15.1 Å². The van der Waals surface area contributed by atoms with E-state index in [0.29, 0.717) is 13.0 Å². The lowest BCUT2D eigenvalue weighted by Crippen LogP contribution is -2.49. The molecule has 172 valence electrons. The first kappa shape index (κ1) is 23.9. The summed E-state index contributed by atoms with van der Waals surface area (Å²) in [5, 5.41) is 3.56. The molecule has 4 heteroatoms. The number of nitrogens with zero attached hydrogens (tertiary/aromatic N) is 2. The number of amides is 1. The molecule has 0 radical (unpaired) electrons. The minimum absolute atomic E-state index is 0.157. The maximum absolute atomic E-state index is 13.1. The number of benzene rings is 2. The van der Waals surface area contributed by atoms with E-state index < -0.39 is 0 Å². The summed E-state index contributed by atoms with van der Waals surface area (Å²) in [6.45, 7) is 14.3. The van der Waals surface area contributed by atoms with E-state index in [-0.39, 0.29) is 17.1 Å². The Balaban J connectivity index is 1.78. The highest BCUT2D eigenvalue weighted by Crippen LogP contribution is 2.33. The summed E-state index contributed by atoms with van der Waals surface area (Å²) in [5.74, 6) is 0.218. The average molecular weight is 434 g/mol. The minimum Gasteiger partial charge on any atom is -0.364 e. The van der Waals surface area contributed by atoms with Crippen LogP contribution >= 0.6 is 0 Å². The molecule has 1 N–H and O–H groups in total. The molecular weight excluding hydrogens is 394 g/mol. The lowest BCUT2D eigenvalue weighted by Gasteiger charge is -2.40. The fourth-order valence-corrected chi connectivity index (χ4v) is 4.54. The largest absolute Gasteiger partial charge is 0.364 e. The van der Waals surface area contributed by atoms with Crippen molar-refractivity contribution in [2.75, 3.05) is 13.1 Å².